The monoisotopic (exact) mass is 373 g/mol. The Morgan fingerprint density at radius 1 is 1.22 bits per heavy atom. The second kappa shape index (κ2) is 6.12. The van der Waals surface area contributed by atoms with E-state index in [0.29, 0.717) is 0 Å². The van der Waals surface area contributed by atoms with Crippen LogP contribution in [0.25, 0.3) is 0 Å². The molecule has 1 aromatic heterocycles. The first-order chi connectivity index (χ1) is 11.0. The van der Waals surface area contributed by atoms with Crippen LogP contribution in [0, 0.1) is 0 Å². The number of aliphatic imine (C=N–C) groups is 1. The molecule has 23 heavy (non-hydrogen) atoms. The molecule has 6 heteroatoms. The van der Waals surface area contributed by atoms with Crippen LogP contribution in [0.4, 0.5) is 0 Å². The number of hydrogen-bond acceptors (Lipinski definition) is 2. The van der Waals surface area contributed by atoms with Crippen molar-refractivity contribution in [2.45, 2.75) is 24.7 Å². The van der Waals surface area contributed by atoms with Gasteiger partial charge in [0.2, 0.25) is 0 Å². The Kier molecular flexibility index (Phi) is 4.17. The number of aromatic amines is 1. The Labute approximate surface area is 141 Å². The maximum absolute atomic E-state index is 12.3. The predicted octanol–water partition coefficient (Wildman–Crippen LogP) is 2.76. The molecule has 3 rings (SSSR count). The lowest BCUT2D eigenvalue weighted by Crippen LogP contribution is -2.47. The smallest absolute Gasteiger partial charge is 0.284 e. The fraction of sp³-hybridized carbons (Fsp3) is 0.235. The normalized spacial score (nSPS) is 16.7. The van der Waals surface area contributed by atoms with Crippen molar-refractivity contribution in [2.24, 2.45) is 10.7 Å². The largest absolute Gasteiger partial charge is 0.386 e. The SMILES string of the molecule is NC(=NC(=O)c1ccc[nH]c1=O)C1(c2ccc(Br)cc2)CCC1. The number of carbonyl (C=O) groups is 1. The van der Waals surface area contributed by atoms with Gasteiger partial charge in [0.15, 0.2) is 0 Å². The molecular weight excluding hydrogens is 358 g/mol. The summed E-state index contributed by atoms with van der Waals surface area (Å²) in [6.45, 7) is 0. The fourth-order valence-electron chi connectivity index (χ4n) is 2.86. The van der Waals surface area contributed by atoms with E-state index in [0.717, 1.165) is 29.3 Å². The van der Waals surface area contributed by atoms with E-state index in [-0.39, 0.29) is 11.4 Å². The quantitative estimate of drug-likeness (QED) is 0.640. The van der Waals surface area contributed by atoms with E-state index in [9.17, 15) is 9.59 Å². The lowest BCUT2D eigenvalue weighted by Gasteiger charge is -2.41. The average molecular weight is 374 g/mol. The fourth-order valence-corrected chi connectivity index (χ4v) is 3.12. The van der Waals surface area contributed by atoms with Gasteiger partial charge in [0.25, 0.3) is 11.5 Å². The second-order valence-electron chi connectivity index (χ2n) is 5.66. The van der Waals surface area contributed by atoms with E-state index in [4.69, 9.17) is 5.73 Å². The highest BCUT2D eigenvalue weighted by Gasteiger charge is 2.42. The van der Waals surface area contributed by atoms with E-state index in [1.807, 2.05) is 24.3 Å². The van der Waals surface area contributed by atoms with E-state index >= 15 is 0 Å². The minimum absolute atomic E-state index is 0.000676. The summed E-state index contributed by atoms with van der Waals surface area (Å²) in [4.78, 5) is 30.4. The number of amides is 1. The number of aromatic nitrogens is 1. The van der Waals surface area contributed by atoms with E-state index in [1.54, 1.807) is 6.07 Å². The van der Waals surface area contributed by atoms with Crippen LogP contribution < -0.4 is 11.3 Å². The van der Waals surface area contributed by atoms with Crippen molar-refractivity contribution < 1.29 is 4.79 Å². The molecule has 1 fully saturated rings. The summed E-state index contributed by atoms with van der Waals surface area (Å²) in [5, 5.41) is 0. The number of nitrogens with zero attached hydrogens (tertiary/aromatic N) is 1. The molecular formula is C17H16BrN3O2. The van der Waals surface area contributed by atoms with Crippen LogP contribution in [-0.4, -0.2) is 16.7 Å². The number of pyridine rings is 1. The maximum atomic E-state index is 12.3. The molecule has 1 aromatic carbocycles. The Morgan fingerprint density at radius 3 is 2.48 bits per heavy atom. The molecule has 1 aliphatic carbocycles. The molecule has 0 atom stereocenters. The number of halogens is 1. The van der Waals surface area contributed by atoms with Gasteiger partial charge in [-0.1, -0.05) is 34.5 Å². The van der Waals surface area contributed by atoms with Crippen molar-refractivity contribution in [1.29, 1.82) is 0 Å². The summed E-state index contributed by atoms with van der Waals surface area (Å²) >= 11 is 3.41. The first-order valence-corrected chi connectivity index (χ1v) is 8.15. The van der Waals surface area contributed by atoms with Gasteiger partial charge in [-0.25, -0.2) is 0 Å². The van der Waals surface area contributed by atoms with E-state index < -0.39 is 16.9 Å². The number of rotatable bonds is 3. The lowest BCUT2D eigenvalue weighted by molar-refractivity contribution is 0.0999. The van der Waals surface area contributed by atoms with Crippen molar-refractivity contribution in [3.63, 3.8) is 0 Å². The van der Waals surface area contributed by atoms with Crippen molar-refractivity contribution in [2.75, 3.05) is 0 Å². The van der Waals surface area contributed by atoms with Gasteiger partial charge in [-0.2, -0.15) is 4.99 Å². The van der Waals surface area contributed by atoms with Crippen LogP contribution >= 0.6 is 15.9 Å². The number of hydrogen-bond donors (Lipinski definition) is 2. The van der Waals surface area contributed by atoms with E-state index in [1.165, 1.54) is 12.3 Å². The summed E-state index contributed by atoms with van der Waals surface area (Å²) < 4.78 is 0.984. The lowest BCUT2D eigenvalue weighted by atomic mass is 9.63. The molecule has 0 unspecified atom stereocenters. The summed E-state index contributed by atoms with van der Waals surface area (Å²) in [5.74, 6) is -0.327. The third kappa shape index (κ3) is 2.86. The number of benzene rings is 1. The van der Waals surface area contributed by atoms with Crippen LogP contribution in [-0.2, 0) is 5.41 Å². The standard InChI is InChI=1S/C17H16BrN3O2/c18-12-6-4-11(5-7-12)17(8-2-9-17)16(19)21-15(23)13-3-1-10-20-14(13)22/h1,3-7,10H,2,8-9H2,(H,20,22)(H2,19,21,23). The van der Waals surface area contributed by atoms with Gasteiger partial charge < -0.3 is 10.7 Å². The molecule has 1 aliphatic rings. The number of nitrogens with one attached hydrogen (secondary N) is 1. The predicted molar refractivity (Wildman–Crippen MR) is 92.7 cm³/mol. The zero-order valence-electron chi connectivity index (χ0n) is 12.4. The molecule has 2 aromatic rings. The van der Waals surface area contributed by atoms with Gasteiger partial charge in [0, 0.05) is 10.7 Å². The van der Waals surface area contributed by atoms with Gasteiger partial charge in [0.05, 0.1) is 5.41 Å². The molecule has 3 N–H and O–H groups in total. The zero-order valence-corrected chi connectivity index (χ0v) is 14.0. The average Bonchev–Trinajstić information content (AvgIpc) is 2.48. The second-order valence-corrected chi connectivity index (χ2v) is 6.57. The third-order valence-electron chi connectivity index (χ3n) is 4.36. The van der Waals surface area contributed by atoms with Crippen molar-refractivity contribution in [3.05, 3.63) is 68.5 Å². The number of nitrogens with two attached hydrogens (primary N) is 1. The van der Waals surface area contributed by atoms with Crippen molar-refractivity contribution in [3.8, 4) is 0 Å². The van der Waals surface area contributed by atoms with Crippen LogP contribution in [0.3, 0.4) is 0 Å². The van der Waals surface area contributed by atoms with Crippen molar-refractivity contribution >= 4 is 27.7 Å². The number of H-pyrrole nitrogens is 1. The highest BCUT2D eigenvalue weighted by atomic mass is 79.9. The molecule has 1 heterocycles. The van der Waals surface area contributed by atoms with Gasteiger partial charge in [-0.3, -0.25) is 9.59 Å². The van der Waals surface area contributed by atoms with Crippen LogP contribution in [0.5, 0.6) is 0 Å². The van der Waals surface area contributed by atoms with Crippen LogP contribution in [0.2, 0.25) is 0 Å². The topological polar surface area (TPSA) is 88.3 Å². The third-order valence-corrected chi connectivity index (χ3v) is 4.89. The summed E-state index contributed by atoms with van der Waals surface area (Å²) in [5.41, 5.74) is 6.36. The highest BCUT2D eigenvalue weighted by Crippen LogP contribution is 2.44. The molecule has 0 saturated heterocycles. The Morgan fingerprint density at radius 2 is 1.91 bits per heavy atom. The number of amidine groups is 1. The Balaban J connectivity index is 1.95. The van der Waals surface area contributed by atoms with Gasteiger partial charge in [-0.15, -0.1) is 0 Å². The van der Waals surface area contributed by atoms with Crippen molar-refractivity contribution in [1.82, 2.24) is 4.98 Å². The number of carbonyl (C=O) groups excluding carboxylic acids is 1. The molecule has 1 amide bonds. The molecule has 0 spiro atoms. The highest BCUT2D eigenvalue weighted by molar-refractivity contribution is 9.10. The first-order valence-electron chi connectivity index (χ1n) is 7.36. The molecule has 0 aliphatic heterocycles. The van der Waals surface area contributed by atoms with Crippen LogP contribution in [0.1, 0.15) is 35.2 Å². The molecule has 0 bridgehead atoms. The molecule has 5 nitrogen and oxygen atoms in total. The zero-order chi connectivity index (χ0) is 16.4. The minimum Gasteiger partial charge on any atom is -0.386 e. The van der Waals surface area contributed by atoms with Gasteiger partial charge >= 0.3 is 0 Å². The Hall–Kier alpha value is -2.21. The van der Waals surface area contributed by atoms with Crippen LogP contribution in [0.15, 0.2) is 56.9 Å². The van der Waals surface area contributed by atoms with E-state index in [2.05, 4.69) is 25.9 Å². The minimum atomic E-state index is -0.604. The summed E-state index contributed by atoms with van der Waals surface area (Å²) in [7, 11) is 0. The maximum Gasteiger partial charge on any atom is 0.284 e. The first kappa shape index (κ1) is 15.7. The molecule has 1 saturated carbocycles. The molecule has 0 radical (unpaired) electrons. The van der Waals surface area contributed by atoms with Gasteiger partial charge in [0.1, 0.15) is 11.4 Å². The summed E-state index contributed by atoms with van der Waals surface area (Å²) in [6.07, 6.45) is 4.21. The van der Waals surface area contributed by atoms with Gasteiger partial charge in [-0.05, 0) is 42.7 Å². The molecule has 118 valence electrons. The Bertz CT molecular complexity index is 820. The summed E-state index contributed by atoms with van der Waals surface area (Å²) in [6, 6.07) is 10.9.